The molecule has 0 radical (unpaired) electrons. The first-order chi connectivity index (χ1) is 12.6. The van der Waals surface area contributed by atoms with E-state index in [4.69, 9.17) is 9.15 Å². The van der Waals surface area contributed by atoms with Gasteiger partial charge >= 0.3 is 6.43 Å². The van der Waals surface area contributed by atoms with Crippen LogP contribution in [0.2, 0.25) is 0 Å². The van der Waals surface area contributed by atoms with Crippen LogP contribution in [0, 0.1) is 0 Å². The molecule has 2 heterocycles. The van der Waals surface area contributed by atoms with Gasteiger partial charge in [-0.15, -0.1) is 10.2 Å². The smallest absolute Gasteiger partial charge is 0.314 e. The van der Waals surface area contributed by atoms with Crippen LogP contribution in [0.1, 0.15) is 36.5 Å². The highest BCUT2D eigenvalue weighted by molar-refractivity contribution is 5.49. The van der Waals surface area contributed by atoms with E-state index in [0.717, 1.165) is 24.2 Å². The van der Waals surface area contributed by atoms with E-state index in [1.54, 1.807) is 7.11 Å². The summed E-state index contributed by atoms with van der Waals surface area (Å²) in [5.74, 6) is 0.813. The lowest BCUT2D eigenvalue weighted by atomic mass is 9.91. The molecule has 0 amide bonds. The first-order valence-corrected chi connectivity index (χ1v) is 8.18. The molecule has 0 saturated heterocycles. The fourth-order valence-electron chi connectivity index (χ4n) is 3.07. The van der Waals surface area contributed by atoms with Gasteiger partial charge < -0.3 is 9.15 Å². The lowest BCUT2D eigenvalue weighted by Gasteiger charge is -2.18. The highest BCUT2D eigenvalue weighted by Gasteiger charge is 2.46. The molecule has 8 heteroatoms. The first-order valence-electron chi connectivity index (χ1n) is 8.18. The standard InChI is InChI=1S/C18H16F2N4O2/c1-25-13-5-3-2-4-12(13)18(6-7-18)8-14-21-9-11(10-22-14)16-23-24-17(26-16)15(19)20/h2-5,9-10,15H,6-8H2,1H3. The van der Waals surface area contributed by atoms with E-state index >= 15 is 0 Å². The van der Waals surface area contributed by atoms with E-state index < -0.39 is 12.3 Å². The maximum Gasteiger partial charge on any atom is 0.314 e. The van der Waals surface area contributed by atoms with Crippen molar-refractivity contribution in [2.24, 2.45) is 0 Å². The summed E-state index contributed by atoms with van der Waals surface area (Å²) in [4.78, 5) is 8.70. The van der Waals surface area contributed by atoms with Gasteiger partial charge in [-0.3, -0.25) is 0 Å². The Bertz CT molecular complexity index is 908. The molecule has 134 valence electrons. The molecule has 26 heavy (non-hydrogen) atoms. The Morgan fingerprint density at radius 1 is 1.15 bits per heavy atom. The highest BCUT2D eigenvalue weighted by atomic mass is 19.3. The van der Waals surface area contributed by atoms with Crippen LogP contribution in [0.4, 0.5) is 8.78 Å². The molecule has 0 aliphatic heterocycles. The summed E-state index contributed by atoms with van der Waals surface area (Å²) in [6.07, 6.45) is 3.00. The quantitative estimate of drug-likeness (QED) is 0.668. The van der Waals surface area contributed by atoms with Crippen molar-refractivity contribution in [2.75, 3.05) is 7.11 Å². The Balaban J connectivity index is 1.54. The molecule has 1 aromatic carbocycles. The Kier molecular flexibility index (Phi) is 4.10. The number of aromatic nitrogens is 4. The number of benzene rings is 1. The summed E-state index contributed by atoms with van der Waals surface area (Å²) in [5.41, 5.74) is 1.56. The first kappa shape index (κ1) is 16.6. The van der Waals surface area contributed by atoms with Crippen LogP contribution in [0.5, 0.6) is 5.75 Å². The van der Waals surface area contributed by atoms with Crippen LogP contribution in [0.3, 0.4) is 0 Å². The molecule has 4 rings (SSSR count). The van der Waals surface area contributed by atoms with Crippen molar-refractivity contribution >= 4 is 0 Å². The second-order valence-electron chi connectivity index (χ2n) is 6.29. The normalized spacial score (nSPS) is 15.2. The average Bonchev–Trinajstić information content (AvgIpc) is 3.26. The third kappa shape index (κ3) is 3.02. The topological polar surface area (TPSA) is 73.9 Å². The zero-order chi connectivity index (χ0) is 18.1. The van der Waals surface area contributed by atoms with E-state index in [1.165, 1.54) is 12.4 Å². The summed E-state index contributed by atoms with van der Waals surface area (Å²) in [7, 11) is 1.66. The number of rotatable bonds is 6. The van der Waals surface area contributed by atoms with E-state index in [2.05, 4.69) is 26.2 Å². The summed E-state index contributed by atoms with van der Waals surface area (Å²) < 4.78 is 35.5. The van der Waals surface area contributed by atoms with Crippen LogP contribution in [-0.4, -0.2) is 27.3 Å². The van der Waals surface area contributed by atoms with Gasteiger partial charge in [0.25, 0.3) is 11.8 Å². The Morgan fingerprint density at radius 2 is 1.88 bits per heavy atom. The second-order valence-corrected chi connectivity index (χ2v) is 6.29. The van der Waals surface area contributed by atoms with Gasteiger partial charge in [0.05, 0.1) is 12.7 Å². The van der Waals surface area contributed by atoms with Gasteiger partial charge in [0.1, 0.15) is 11.6 Å². The van der Waals surface area contributed by atoms with Gasteiger partial charge in [-0.2, -0.15) is 8.78 Å². The fourth-order valence-corrected chi connectivity index (χ4v) is 3.07. The predicted octanol–water partition coefficient (Wildman–Crippen LogP) is 3.75. The minimum absolute atomic E-state index is 0.0124. The molecule has 1 aliphatic rings. The monoisotopic (exact) mass is 358 g/mol. The van der Waals surface area contributed by atoms with Crippen LogP contribution in [0.25, 0.3) is 11.5 Å². The van der Waals surface area contributed by atoms with E-state index in [1.807, 2.05) is 18.2 Å². The summed E-state index contributed by atoms with van der Waals surface area (Å²) in [6.45, 7) is 0. The Morgan fingerprint density at radius 3 is 2.50 bits per heavy atom. The molecule has 1 saturated carbocycles. The average molecular weight is 358 g/mol. The van der Waals surface area contributed by atoms with Gasteiger partial charge in [-0.05, 0) is 18.9 Å². The molecule has 0 unspecified atom stereocenters. The zero-order valence-corrected chi connectivity index (χ0v) is 14.0. The number of nitrogens with zero attached hydrogens (tertiary/aromatic N) is 4. The molecule has 1 fully saturated rings. The van der Waals surface area contributed by atoms with Crippen molar-refractivity contribution in [3.63, 3.8) is 0 Å². The molecule has 0 bridgehead atoms. The van der Waals surface area contributed by atoms with Gasteiger partial charge in [0, 0.05) is 29.8 Å². The second kappa shape index (κ2) is 6.44. The molecule has 1 aliphatic carbocycles. The molecule has 2 aromatic heterocycles. The van der Waals surface area contributed by atoms with Gasteiger partial charge in [-0.1, -0.05) is 18.2 Å². The van der Waals surface area contributed by atoms with Crippen molar-refractivity contribution in [3.05, 3.63) is 53.9 Å². The van der Waals surface area contributed by atoms with Crippen molar-refractivity contribution in [2.45, 2.75) is 31.1 Å². The minimum Gasteiger partial charge on any atom is -0.496 e. The lowest BCUT2D eigenvalue weighted by molar-refractivity contribution is 0.116. The SMILES string of the molecule is COc1ccccc1C1(Cc2ncc(-c3nnc(C(F)F)o3)cn2)CC1. The molecular weight excluding hydrogens is 342 g/mol. The van der Waals surface area contributed by atoms with Crippen molar-refractivity contribution in [1.82, 2.24) is 20.2 Å². The maximum absolute atomic E-state index is 12.5. The van der Waals surface area contributed by atoms with Gasteiger partial charge in [0.2, 0.25) is 0 Å². The van der Waals surface area contributed by atoms with Crippen LogP contribution < -0.4 is 4.74 Å². The van der Waals surface area contributed by atoms with Gasteiger partial charge in [-0.25, -0.2) is 9.97 Å². The van der Waals surface area contributed by atoms with Crippen LogP contribution in [-0.2, 0) is 11.8 Å². The molecule has 0 atom stereocenters. The number of hydrogen-bond acceptors (Lipinski definition) is 6. The van der Waals surface area contributed by atoms with Crippen LogP contribution in [0.15, 0.2) is 41.1 Å². The van der Waals surface area contributed by atoms with Crippen LogP contribution >= 0.6 is 0 Å². The Labute approximate surface area is 148 Å². The van der Waals surface area contributed by atoms with Crippen molar-refractivity contribution < 1.29 is 17.9 Å². The fraction of sp³-hybridized carbons (Fsp3) is 0.333. The minimum atomic E-state index is -2.80. The number of hydrogen-bond donors (Lipinski definition) is 0. The summed E-state index contributed by atoms with van der Waals surface area (Å²) in [6, 6.07) is 7.97. The number of halogens is 2. The third-order valence-electron chi connectivity index (χ3n) is 4.61. The highest BCUT2D eigenvalue weighted by Crippen LogP contribution is 2.53. The van der Waals surface area contributed by atoms with Gasteiger partial charge in [0.15, 0.2) is 0 Å². The lowest BCUT2D eigenvalue weighted by Crippen LogP contribution is -2.14. The van der Waals surface area contributed by atoms with E-state index in [9.17, 15) is 8.78 Å². The van der Waals surface area contributed by atoms with Crippen molar-refractivity contribution in [1.29, 1.82) is 0 Å². The van der Waals surface area contributed by atoms with E-state index in [0.29, 0.717) is 17.8 Å². The molecule has 3 aromatic rings. The van der Waals surface area contributed by atoms with Crippen molar-refractivity contribution in [3.8, 4) is 17.2 Å². The molecular formula is C18H16F2N4O2. The number of para-hydroxylation sites is 1. The zero-order valence-electron chi connectivity index (χ0n) is 14.0. The number of ether oxygens (including phenoxy) is 1. The summed E-state index contributed by atoms with van der Waals surface area (Å²) >= 11 is 0. The Hall–Kier alpha value is -2.90. The summed E-state index contributed by atoms with van der Waals surface area (Å²) in [5, 5.41) is 6.91. The number of methoxy groups -OCH3 is 1. The van der Waals surface area contributed by atoms with E-state index in [-0.39, 0.29) is 11.3 Å². The maximum atomic E-state index is 12.5. The molecule has 6 nitrogen and oxygen atoms in total. The number of alkyl halides is 2. The largest absolute Gasteiger partial charge is 0.496 e. The predicted molar refractivity (Wildman–Crippen MR) is 87.9 cm³/mol. The third-order valence-corrected chi connectivity index (χ3v) is 4.61. The molecule has 0 N–H and O–H groups in total. The molecule has 0 spiro atoms.